The van der Waals surface area contributed by atoms with Gasteiger partial charge in [-0.1, -0.05) is 42.5 Å². The van der Waals surface area contributed by atoms with Crippen molar-refractivity contribution in [3.8, 4) is 5.88 Å². The number of Topliss-reactive ketones (excluding diaryl/α,β-unsaturated/α-hetero) is 1. The summed E-state index contributed by atoms with van der Waals surface area (Å²) < 4.78 is 13.7. The lowest BCUT2D eigenvalue weighted by molar-refractivity contribution is 0.0652. The van der Waals surface area contributed by atoms with Gasteiger partial charge in [0.25, 0.3) is 0 Å². The van der Waals surface area contributed by atoms with Gasteiger partial charge in [-0.25, -0.2) is 0 Å². The predicted molar refractivity (Wildman–Crippen MR) is 119 cm³/mol. The zero-order chi connectivity index (χ0) is 21.9. The second-order valence-electron chi connectivity index (χ2n) is 8.00. The average Bonchev–Trinajstić information content (AvgIpc) is 3.57. The van der Waals surface area contributed by atoms with E-state index in [9.17, 15) is 9.90 Å². The molecule has 3 heterocycles. The monoisotopic (exact) mass is 431 g/mol. The van der Waals surface area contributed by atoms with E-state index >= 15 is 0 Å². The van der Waals surface area contributed by atoms with Crippen LogP contribution in [0, 0.1) is 0 Å². The Labute approximate surface area is 185 Å². The minimum absolute atomic E-state index is 0.0833. The molecule has 164 valence electrons. The molecule has 0 saturated carbocycles. The highest BCUT2D eigenvalue weighted by molar-refractivity contribution is 5.98. The van der Waals surface area contributed by atoms with E-state index in [2.05, 4.69) is 5.10 Å². The van der Waals surface area contributed by atoms with Gasteiger partial charge < -0.3 is 14.3 Å². The van der Waals surface area contributed by atoms with Gasteiger partial charge in [-0.05, 0) is 42.7 Å². The van der Waals surface area contributed by atoms with Gasteiger partial charge in [0.2, 0.25) is 11.7 Å². The molecule has 2 aromatic carbocycles. The quantitative estimate of drug-likeness (QED) is 0.427. The fourth-order valence-electron chi connectivity index (χ4n) is 4.25. The highest BCUT2D eigenvalue weighted by Crippen LogP contribution is 2.27. The van der Waals surface area contributed by atoms with E-state index in [0.717, 1.165) is 35.9 Å². The highest BCUT2D eigenvalue weighted by Gasteiger charge is 2.32. The largest absolute Gasteiger partial charge is 0.471 e. The molecule has 1 fully saturated rings. The first-order valence-electron chi connectivity index (χ1n) is 10.8. The number of furan rings is 1. The van der Waals surface area contributed by atoms with Crippen molar-refractivity contribution in [2.45, 2.75) is 32.0 Å². The molecular weight excluding hydrogens is 406 g/mol. The molecule has 0 aliphatic carbocycles. The number of likely N-dealkylation sites (tertiary alicyclic amines) is 1. The molecule has 1 aliphatic heterocycles. The second-order valence-corrected chi connectivity index (χ2v) is 8.00. The van der Waals surface area contributed by atoms with Gasteiger partial charge in [-0.2, -0.15) is 0 Å². The number of rotatable bonds is 8. The van der Waals surface area contributed by atoms with Crippen molar-refractivity contribution >= 4 is 16.7 Å². The van der Waals surface area contributed by atoms with Crippen LogP contribution in [0.15, 0.2) is 71.1 Å². The number of hydrogen-bond acceptors (Lipinski definition) is 6. The highest BCUT2D eigenvalue weighted by atomic mass is 16.5. The smallest absolute Gasteiger partial charge is 0.241 e. The number of aliphatic hydroxyl groups excluding tert-OH is 1. The molecule has 0 spiro atoms. The van der Waals surface area contributed by atoms with Gasteiger partial charge in [-0.15, -0.1) is 5.10 Å². The number of para-hydroxylation sites is 1. The molecule has 0 radical (unpaired) electrons. The molecule has 32 heavy (non-hydrogen) atoms. The standard InChI is InChI=1S/C25H25N3O4/c29-17-27-14-6-11-22(27)24(30)23-13-12-19(32-23)15-28-21-10-5-4-9-20(21)25(26-28)31-16-18-7-2-1-3-8-18/h1-5,7-10,12-13,22,29H,6,11,14-17H2. The van der Waals surface area contributed by atoms with Crippen LogP contribution in [0.2, 0.25) is 0 Å². The lowest BCUT2D eigenvalue weighted by Crippen LogP contribution is -2.36. The Morgan fingerprint density at radius 1 is 1.09 bits per heavy atom. The molecule has 0 bridgehead atoms. The molecule has 1 unspecified atom stereocenters. The predicted octanol–water partition coefficient (Wildman–Crippen LogP) is 3.85. The number of aromatic nitrogens is 2. The normalized spacial score (nSPS) is 16.6. The van der Waals surface area contributed by atoms with E-state index in [0.29, 0.717) is 30.6 Å². The van der Waals surface area contributed by atoms with E-state index in [1.807, 2.05) is 65.3 Å². The fourth-order valence-corrected chi connectivity index (χ4v) is 4.25. The third-order valence-electron chi connectivity index (χ3n) is 5.90. The number of benzene rings is 2. The summed E-state index contributed by atoms with van der Waals surface area (Å²) in [6, 6.07) is 21.1. The summed E-state index contributed by atoms with van der Waals surface area (Å²) in [5.74, 6) is 1.45. The maximum absolute atomic E-state index is 12.8. The van der Waals surface area contributed by atoms with Crippen molar-refractivity contribution in [3.05, 3.63) is 83.8 Å². The zero-order valence-corrected chi connectivity index (χ0v) is 17.7. The van der Waals surface area contributed by atoms with Crippen LogP contribution in [0.4, 0.5) is 0 Å². The number of aliphatic hydroxyl groups is 1. The van der Waals surface area contributed by atoms with Gasteiger partial charge in [0.1, 0.15) is 12.4 Å². The molecule has 5 rings (SSSR count). The number of ketones is 1. The average molecular weight is 431 g/mol. The summed E-state index contributed by atoms with van der Waals surface area (Å²) in [7, 11) is 0. The molecule has 7 heteroatoms. The first-order valence-corrected chi connectivity index (χ1v) is 10.8. The van der Waals surface area contributed by atoms with Crippen LogP contribution in [0.1, 0.15) is 34.7 Å². The number of hydrogen-bond donors (Lipinski definition) is 1. The van der Waals surface area contributed by atoms with Crippen LogP contribution < -0.4 is 4.74 Å². The molecule has 1 atom stereocenters. The van der Waals surface area contributed by atoms with Gasteiger partial charge in [0.05, 0.1) is 30.2 Å². The number of carbonyl (C=O) groups is 1. The molecular formula is C25H25N3O4. The SMILES string of the molecule is O=C(c1ccc(Cn2nc(OCc3ccccc3)c3ccccc32)o1)C1CCCN1CO. The summed E-state index contributed by atoms with van der Waals surface area (Å²) in [5.41, 5.74) is 2.01. The fraction of sp³-hybridized carbons (Fsp3) is 0.280. The van der Waals surface area contributed by atoms with Crippen molar-refractivity contribution in [2.75, 3.05) is 13.3 Å². The molecule has 1 saturated heterocycles. The maximum Gasteiger partial charge on any atom is 0.241 e. The third-order valence-corrected chi connectivity index (χ3v) is 5.90. The number of carbonyl (C=O) groups excluding carboxylic acids is 1. The summed E-state index contributed by atoms with van der Waals surface area (Å²) in [6.07, 6.45) is 1.64. The Morgan fingerprint density at radius 2 is 1.91 bits per heavy atom. The number of fused-ring (bicyclic) bond motifs is 1. The van der Waals surface area contributed by atoms with E-state index in [1.165, 1.54) is 0 Å². The topological polar surface area (TPSA) is 80.7 Å². The van der Waals surface area contributed by atoms with Crippen molar-refractivity contribution < 1.29 is 19.1 Å². The van der Waals surface area contributed by atoms with Gasteiger partial charge in [0, 0.05) is 6.54 Å². The summed E-state index contributed by atoms with van der Waals surface area (Å²) in [4.78, 5) is 14.6. The minimum Gasteiger partial charge on any atom is -0.471 e. The first kappa shape index (κ1) is 20.5. The van der Waals surface area contributed by atoms with Crippen LogP contribution in [0.25, 0.3) is 10.9 Å². The number of nitrogens with zero attached hydrogens (tertiary/aromatic N) is 3. The maximum atomic E-state index is 12.8. The van der Waals surface area contributed by atoms with Crippen molar-refractivity contribution in [1.29, 1.82) is 0 Å². The number of ether oxygens (including phenoxy) is 1. The zero-order valence-electron chi connectivity index (χ0n) is 17.7. The van der Waals surface area contributed by atoms with Crippen LogP contribution in [0.3, 0.4) is 0 Å². The minimum atomic E-state index is -0.317. The third kappa shape index (κ3) is 4.04. The van der Waals surface area contributed by atoms with Crippen molar-refractivity contribution in [1.82, 2.24) is 14.7 Å². The van der Waals surface area contributed by atoms with Gasteiger partial charge >= 0.3 is 0 Å². The van der Waals surface area contributed by atoms with Crippen LogP contribution in [0.5, 0.6) is 5.88 Å². The molecule has 4 aromatic rings. The Balaban J connectivity index is 1.35. The Kier molecular flexibility index (Phi) is 5.75. The van der Waals surface area contributed by atoms with Crippen molar-refractivity contribution in [3.63, 3.8) is 0 Å². The van der Waals surface area contributed by atoms with Gasteiger partial charge in [0.15, 0.2) is 5.76 Å². The van der Waals surface area contributed by atoms with Crippen molar-refractivity contribution in [2.24, 2.45) is 0 Å². The molecule has 2 aromatic heterocycles. The lowest BCUT2D eigenvalue weighted by atomic mass is 10.1. The molecule has 0 amide bonds. The Morgan fingerprint density at radius 3 is 2.75 bits per heavy atom. The van der Waals surface area contributed by atoms with Crippen LogP contribution in [-0.2, 0) is 13.2 Å². The van der Waals surface area contributed by atoms with E-state index in [4.69, 9.17) is 9.15 Å². The van der Waals surface area contributed by atoms with Crippen LogP contribution in [-0.4, -0.2) is 44.9 Å². The van der Waals surface area contributed by atoms with E-state index in [-0.39, 0.29) is 18.6 Å². The second kappa shape index (κ2) is 8.98. The summed E-state index contributed by atoms with van der Waals surface area (Å²) in [6.45, 7) is 1.43. The lowest BCUT2D eigenvalue weighted by Gasteiger charge is -2.19. The summed E-state index contributed by atoms with van der Waals surface area (Å²) in [5, 5.41) is 15.1. The van der Waals surface area contributed by atoms with E-state index < -0.39 is 0 Å². The van der Waals surface area contributed by atoms with Crippen LogP contribution >= 0.6 is 0 Å². The Bertz CT molecular complexity index is 1210. The summed E-state index contributed by atoms with van der Waals surface area (Å²) >= 11 is 0. The molecule has 1 N–H and O–H groups in total. The molecule has 7 nitrogen and oxygen atoms in total. The molecule has 1 aliphatic rings. The van der Waals surface area contributed by atoms with E-state index in [1.54, 1.807) is 11.0 Å². The van der Waals surface area contributed by atoms with Gasteiger partial charge in [-0.3, -0.25) is 14.4 Å². The Hall–Kier alpha value is -3.42. The first-order chi connectivity index (χ1) is 15.7.